The van der Waals surface area contributed by atoms with Gasteiger partial charge in [-0.1, -0.05) is 17.7 Å². The van der Waals surface area contributed by atoms with Crippen LogP contribution in [-0.2, 0) is 25.1 Å². The number of fused-ring (bicyclic) bond motifs is 1. The monoisotopic (exact) mass is 322 g/mol. The Morgan fingerprint density at radius 2 is 2.09 bits per heavy atom. The van der Waals surface area contributed by atoms with Crippen molar-refractivity contribution in [3.63, 3.8) is 0 Å². The molecule has 22 heavy (non-hydrogen) atoms. The van der Waals surface area contributed by atoms with E-state index in [1.165, 1.54) is 0 Å². The minimum atomic E-state index is -1.70. The lowest BCUT2D eigenvalue weighted by atomic mass is 9.84. The third kappa shape index (κ3) is 1.88. The molecule has 6 nitrogen and oxygen atoms in total. The molecule has 0 radical (unpaired) electrons. The number of benzene rings is 1. The van der Waals surface area contributed by atoms with Crippen molar-refractivity contribution >= 4 is 16.8 Å². The average molecular weight is 322 g/mol. The van der Waals surface area contributed by atoms with Crippen LogP contribution in [0.1, 0.15) is 19.4 Å². The molecule has 1 aromatic carbocycles. The lowest BCUT2D eigenvalue weighted by molar-refractivity contribution is -0.173. The van der Waals surface area contributed by atoms with E-state index in [-0.39, 0.29) is 6.54 Å². The molecule has 0 bridgehead atoms. The number of azo groups is 1. The van der Waals surface area contributed by atoms with Crippen molar-refractivity contribution in [3.05, 3.63) is 29.8 Å². The highest BCUT2D eigenvalue weighted by Crippen LogP contribution is 2.53. The van der Waals surface area contributed by atoms with E-state index in [1.807, 2.05) is 26.0 Å². The topological polar surface area (TPSA) is 77.3 Å². The molecular formula is C15H18N2O4S. The van der Waals surface area contributed by atoms with Crippen LogP contribution in [0.5, 0.6) is 0 Å². The first-order valence-corrected chi connectivity index (χ1v) is 8.30. The van der Waals surface area contributed by atoms with Gasteiger partial charge in [-0.15, -0.1) is 0 Å². The second-order valence-electron chi connectivity index (χ2n) is 5.74. The van der Waals surface area contributed by atoms with Crippen LogP contribution in [0.2, 0.25) is 0 Å². The van der Waals surface area contributed by atoms with E-state index in [0.717, 1.165) is 5.56 Å². The van der Waals surface area contributed by atoms with Gasteiger partial charge in [-0.3, -0.25) is 4.21 Å². The summed E-state index contributed by atoms with van der Waals surface area (Å²) in [5.74, 6) is -0.631. The molecule has 0 aliphatic carbocycles. The molecule has 0 spiro atoms. The number of hydrogen-bond donors (Lipinski definition) is 0. The molecule has 1 unspecified atom stereocenters. The molecule has 0 N–H and O–H groups in total. The number of carbonyl (C=O) groups is 1. The van der Waals surface area contributed by atoms with Gasteiger partial charge in [0.05, 0.1) is 17.3 Å². The first-order valence-electron chi connectivity index (χ1n) is 7.15. The van der Waals surface area contributed by atoms with E-state index in [2.05, 4.69) is 10.2 Å². The Balaban J connectivity index is 2.06. The number of ether oxygens (including phenoxy) is 2. The van der Waals surface area contributed by atoms with Crippen molar-refractivity contribution in [2.75, 3.05) is 13.2 Å². The van der Waals surface area contributed by atoms with Crippen LogP contribution in [-0.4, -0.2) is 34.5 Å². The second kappa shape index (κ2) is 5.24. The van der Waals surface area contributed by atoms with Crippen LogP contribution in [0, 0.1) is 12.3 Å². The zero-order valence-electron chi connectivity index (χ0n) is 12.7. The average Bonchev–Trinajstić information content (AvgIpc) is 2.94. The summed E-state index contributed by atoms with van der Waals surface area (Å²) < 4.78 is 24.0. The highest BCUT2D eigenvalue weighted by atomic mass is 32.2. The molecule has 118 valence electrons. The number of carbonyl (C=O) groups excluding carboxylic acids is 1. The van der Waals surface area contributed by atoms with E-state index < -0.39 is 33.3 Å². The molecule has 0 saturated carbocycles. The van der Waals surface area contributed by atoms with Gasteiger partial charge in [0.1, 0.15) is 5.41 Å². The number of aryl methyl sites for hydroxylation is 1. The fourth-order valence-corrected chi connectivity index (χ4v) is 4.48. The predicted octanol–water partition coefficient (Wildman–Crippen LogP) is 2.19. The van der Waals surface area contributed by atoms with Crippen LogP contribution in [0.4, 0.5) is 0 Å². The maximum Gasteiger partial charge on any atom is 0.352 e. The first-order chi connectivity index (χ1) is 10.5. The van der Waals surface area contributed by atoms with Gasteiger partial charge in [-0.2, -0.15) is 10.2 Å². The number of nitrogens with zero attached hydrogens (tertiary/aromatic N) is 2. The van der Waals surface area contributed by atoms with Gasteiger partial charge in [-0.25, -0.2) is 4.79 Å². The molecule has 4 atom stereocenters. The standard InChI is InChI=1S/C15H18N2O4S/c1-4-20-13-14(3)9-16-17-15(14,12(18)21-13)22(19)11-7-5-10(2)6-8-11/h5-8,13H,4,9H2,1-3H3/t13-,14+,15+,22?/m1/s1. The summed E-state index contributed by atoms with van der Waals surface area (Å²) in [4.78, 5) is 11.5. The van der Waals surface area contributed by atoms with Crippen molar-refractivity contribution in [1.29, 1.82) is 0 Å². The van der Waals surface area contributed by atoms with Crippen molar-refractivity contribution in [1.82, 2.24) is 0 Å². The van der Waals surface area contributed by atoms with Gasteiger partial charge < -0.3 is 9.47 Å². The van der Waals surface area contributed by atoms with Gasteiger partial charge in [-0.05, 0) is 32.9 Å². The van der Waals surface area contributed by atoms with E-state index in [9.17, 15) is 9.00 Å². The third-order valence-corrected chi connectivity index (χ3v) is 6.17. The smallest absolute Gasteiger partial charge is 0.352 e. The van der Waals surface area contributed by atoms with Crippen molar-refractivity contribution in [2.45, 2.75) is 36.8 Å². The van der Waals surface area contributed by atoms with Crippen molar-refractivity contribution in [2.24, 2.45) is 15.6 Å². The van der Waals surface area contributed by atoms with Crippen LogP contribution in [0.3, 0.4) is 0 Å². The Kier molecular flexibility index (Phi) is 3.65. The zero-order valence-corrected chi connectivity index (χ0v) is 13.6. The molecule has 1 fully saturated rings. The first kappa shape index (κ1) is 15.3. The molecule has 3 rings (SSSR count). The number of hydrogen-bond acceptors (Lipinski definition) is 6. The Bertz CT molecular complexity index is 660. The largest absolute Gasteiger partial charge is 0.432 e. The predicted molar refractivity (Wildman–Crippen MR) is 79.7 cm³/mol. The summed E-state index contributed by atoms with van der Waals surface area (Å²) in [6.07, 6.45) is -0.783. The summed E-state index contributed by atoms with van der Waals surface area (Å²) in [5.41, 5.74) is 0.186. The number of rotatable bonds is 4. The van der Waals surface area contributed by atoms with Gasteiger partial charge >= 0.3 is 5.97 Å². The maximum absolute atomic E-state index is 13.1. The highest BCUT2D eigenvalue weighted by molar-refractivity contribution is 7.87. The van der Waals surface area contributed by atoms with E-state index in [4.69, 9.17) is 9.47 Å². The quantitative estimate of drug-likeness (QED) is 0.796. The molecular weight excluding hydrogens is 304 g/mol. The molecule has 7 heteroatoms. The fourth-order valence-electron chi connectivity index (χ4n) is 2.84. The van der Waals surface area contributed by atoms with E-state index in [0.29, 0.717) is 11.5 Å². The van der Waals surface area contributed by atoms with Gasteiger partial charge in [0.15, 0.2) is 0 Å². The SMILES string of the molecule is CCO[C@@H]1OC(=O)[C@@]2(S(=O)c3ccc(C)cc3)N=NC[C@@]12C. The second-order valence-corrected chi connectivity index (χ2v) is 7.34. The zero-order chi connectivity index (χ0) is 16.0. The summed E-state index contributed by atoms with van der Waals surface area (Å²) in [6.45, 7) is 6.20. The van der Waals surface area contributed by atoms with Crippen LogP contribution in [0.25, 0.3) is 0 Å². The molecule has 2 aliphatic rings. The highest BCUT2D eigenvalue weighted by Gasteiger charge is 2.73. The van der Waals surface area contributed by atoms with Crippen LogP contribution >= 0.6 is 0 Å². The minimum Gasteiger partial charge on any atom is -0.432 e. The summed E-state index contributed by atoms with van der Waals surface area (Å²) in [6, 6.07) is 7.20. The van der Waals surface area contributed by atoms with Gasteiger partial charge in [0.25, 0.3) is 4.87 Å². The lowest BCUT2D eigenvalue weighted by Gasteiger charge is -2.31. The Hall–Kier alpha value is -1.60. The summed E-state index contributed by atoms with van der Waals surface area (Å²) in [7, 11) is -1.70. The van der Waals surface area contributed by atoms with Crippen molar-refractivity contribution < 1.29 is 18.5 Å². The molecule has 2 heterocycles. The molecule has 0 aromatic heterocycles. The Morgan fingerprint density at radius 1 is 1.41 bits per heavy atom. The normalized spacial score (nSPS) is 34.5. The molecule has 1 aromatic rings. The molecule has 0 amide bonds. The fraction of sp³-hybridized carbons (Fsp3) is 0.533. The third-order valence-electron chi connectivity index (χ3n) is 4.22. The van der Waals surface area contributed by atoms with E-state index in [1.54, 1.807) is 19.1 Å². The van der Waals surface area contributed by atoms with Crippen molar-refractivity contribution in [3.8, 4) is 0 Å². The number of esters is 1. The van der Waals surface area contributed by atoms with Gasteiger partial charge in [0, 0.05) is 11.5 Å². The minimum absolute atomic E-state index is 0.251. The maximum atomic E-state index is 13.1. The summed E-state index contributed by atoms with van der Waals surface area (Å²) in [5, 5.41) is 8.09. The van der Waals surface area contributed by atoms with Gasteiger partial charge in [0.2, 0.25) is 6.29 Å². The Morgan fingerprint density at radius 3 is 2.73 bits per heavy atom. The Labute approximate surface area is 131 Å². The molecule has 2 aliphatic heterocycles. The van der Waals surface area contributed by atoms with Crippen LogP contribution in [0.15, 0.2) is 39.4 Å². The summed E-state index contributed by atoms with van der Waals surface area (Å²) >= 11 is 0. The van der Waals surface area contributed by atoms with Crippen LogP contribution < -0.4 is 0 Å². The molecule has 1 saturated heterocycles. The number of cyclic esters (lactones) is 1. The lowest BCUT2D eigenvalue weighted by Crippen LogP contribution is -2.51. The van der Waals surface area contributed by atoms with E-state index >= 15 is 0 Å².